The fraction of sp³-hybridized carbons (Fsp3) is 0.643. The fourth-order valence-corrected chi connectivity index (χ4v) is 5.78. The molecule has 0 aliphatic carbocycles. The molecule has 36 heavy (non-hydrogen) atoms. The number of carbonyl (C=O) groups is 1. The number of hydrogen-bond acceptors (Lipinski definition) is 7. The molecule has 0 amide bonds. The molecule has 5 rings (SSSR count). The highest BCUT2D eigenvalue weighted by Crippen LogP contribution is 2.31. The minimum Gasteiger partial charge on any atom is -0.441 e. The van der Waals surface area contributed by atoms with Crippen molar-refractivity contribution >= 4 is 17.4 Å². The van der Waals surface area contributed by atoms with Crippen molar-refractivity contribution < 1.29 is 18.7 Å². The number of unbranched alkanes of at least 4 members (excludes halogenated alkanes) is 1. The number of piperidine rings is 2. The van der Waals surface area contributed by atoms with Gasteiger partial charge in [-0.1, -0.05) is 11.6 Å². The fourth-order valence-electron chi connectivity index (χ4n) is 5.66. The molecule has 2 aromatic rings. The molecule has 1 spiro atoms. The zero-order valence-electron chi connectivity index (χ0n) is 21.3. The zero-order valence-corrected chi connectivity index (χ0v) is 22.1. The predicted octanol–water partition coefficient (Wildman–Crippen LogP) is 5.09. The summed E-state index contributed by atoms with van der Waals surface area (Å²) in [4.78, 5) is 22.4. The first-order valence-corrected chi connectivity index (χ1v) is 13.9. The quantitative estimate of drug-likeness (QED) is 0.431. The number of ketones is 1. The Hall–Kier alpha value is -1.77. The molecule has 7 nitrogen and oxygen atoms in total. The molecule has 0 unspecified atom stereocenters. The zero-order chi connectivity index (χ0) is 25.0. The number of oxazole rings is 1. The Bertz CT molecular complexity index is 1000. The maximum atomic E-state index is 12.8. The van der Waals surface area contributed by atoms with Crippen LogP contribution in [0.4, 0.5) is 0 Å². The Morgan fingerprint density at radius 2 is 1.72 bits per heavy atom. The molecule has 3 fully saturated rings. The molecule has 1 aromatic heterocycles. The summed E-state index contributed by atoms with van der Waals surface area (Å²) < 4.78 is 17.5. The second-order valence-electron chi connectivity index (χ2n) is 10.5. The molecule has 3 aliphatic heterocycles. The number of ether oxygens (including phenoxy) is 2. The third-order valence-corrected chi connectivity index (χ3v) is 8.23. The monoisotopic (exact) mass is 515 g/mol. The molecule has 0 bridgehead atoms. The molecule has 0 atom stereocenters. The smallest absolute Gasteiger partial charge is 0.226 e. The standard InChI is InChI=1S/C28H38ClN3O4/c1-21-25(30-27(36-21)23-5-7-24(29)8-6-23)20-32-14-9-22(10-15-32)26(33)4-2-3-13-31-16-11-28(12-17-31)34-18-19-35-28/h5-8,22H,2-4,9-20H2,1H3. The van der Waals surface area contributed by atoms with E-state index >= 15 is 0 Å². The van der Waals surface area contributed by atoms with Crippen molar-refractivity contribution in [1.29, 1.82) is 0 Å². The van der Waals surface area contributed by atoms with Crippen LogP contribution in [0.25, 0.3) is 11.5 Å². The normalized spacial score (nSPS) is 21.4. The third-order valence-electron chi connectivity index (χ3n) is 7.98. The lowest BCUT2D eigenvalue weighted by molar-refractivity contribution is -0.185. The summed E-state index contributed by atoms with van der Waals surface area (Å²) >= 11 is 5.99. The Morgan fingerprint density at radius 1 is 1.03 bits per heavy atom. The summed E-state index contributed by atoms with van der Waals surface area (Å²) in [6.45, 7) is 9.16. The van der Waals surface area contributed by atoms with E-state index in [1.165, 1.54) is 0 Å². The van der Waals surface area contributed by atoms with E-state index in [0.29, 0.717) is 23.1 Å². The summed E-state index contributed by atoms with van der Waals surface area (Å²) in [5, 5.41) is 0.699. The maximum absolute atomic E-state index is 12.8. The van der Waals surface area contributed by atoms with Crippen molar-refractivity contribution in [3.05, 3.63) is 40.7 Å². The van der Waals surface area contributed by atoms with Gasteiger partial charge in [-0.15, -0.1) is 0 Å². The molecule has 0 N–H and O–H groups in total. The minimum atomic E-state index is -0.299. The number of halogens is 1. The first-order chi connectivity index (χ1) is 17.5. The Labute approximate surface area is 219 Å². The highest BCUT2D eigenvalue weighted by atomic mass is 35.5. The first kappa shape index (κ1) is 25.9. The van der Waals surface area contributed by atoms with Crippen LogP contribution in [0, 0.1) is 12.8 Å². The van der Waals surface area contributed by atoms with E-state index in [1.807, 2.05) is 31.2 Å². The average Bonchev–Trinajstić information content (AvgIpc) is 3.50. The molecular weight excluding hydrogens is 478 g/mol. The molecule has 1 aromatic carbocycles. The van der Waals surface area contributed by atoms with Crippen LogP contribution in [0.15, 0.2) is 28.7 Å². The minimum absolute atomic E-state index is 0.204. The van der Waals surface area contributed by atoms with Crippen LogP contribution in [0.3, 0.4) is 0 Å². The molecule has 3 aliphatic rings. The van der Waals surface area contributed by atoms with Gasteiger partial charge in [0.15, 0.2) is 5.79 Å². The summed E-state index contributed by atoms with van der Waals surface area (Å²) in [6, 6.07) is 7.55. The van der Waals surface area contributed by atoms with E-state index in [9.17, 15) is 4.79 Å². The van der Waals surface area contributed by atoms with Gasteiger partial charge in [0.25, 0.3) is 0 Å². The largest absolute Gasteiger partial charge is 0.441 e. The van der Waals surface area contributed by atoms with Crippen molar-refractivity contribution in [2.24, 2.45) is 5.92 Å². The van der Waals surface area contributed by atoms with Crippen LogP contribution in [0.5, 0.6) is 0 Å². The van der Waals surface area contributed by atoms with Gasteiger partial charge < -0.3 is 18.8 Å². The lowest BCUT2D eigenvalue weighted by Gasteiger charge is -2.37. The van der Waals surface area contributed by atoms with Crippen molar-refractivity contribution in [3.63, 3.8) is 0 Å². The lowest BCUT2D eigenvalue weighted by atomic mass is 9.90. The van der Waals surface area contributed by atoms with Crippen molar-refractivity contribution in [3.8, 4) is 11.5 Å². The van der Waals surface area contributed by atoms with Crippen LogP contribution < -0.4 is 0 Å². The number of carbonyl (C=O) groups excluding carboxylic acids is 1. The second kappa shape index (κ2) is 11.7. The van der Waals surface area contributed by atoms with E-state index in [2.05, 4.69) is 9.80 Å². The highest BCUT2D eigenvalue weighted by molar-refractivity contribution is 6.30. The number of aromatic nitrogens is 1. The average molecular weight is 516 g/mol. The molecule has 0 saturated carbocycles. The topological polar surface area (TPSA) is 68.0 Å². The van der Waals surface area contributed by atoms with E-state index in [1.54, 1.807) is 0 Å². The molecule has 8 heteroatoms. The van der Waals surface area contributed by atoms with Gasteiger partial charge in [-0.2, -0.15) is 0 Å². The van der Waals surface area contributed by atoms with Crippen molar-refractivity contribution in [1.82, 2.24) is 14.8 Å². The highest BCUT2D eigenvalue weighted by Gasteiger charge is 2.39. The number of nitrogens with zero attached hydrogens (tertiary/aromatic N) is 3. The van der Waals surface area contributed by atoms with Crippen LogP contribution in [-0.4, -0.2) is 72.3 Å². The number of benzene rings is 1. The summed E-state index contributed by atoms with van der Waals surface area (Å²) in [5.74, 6) is 1.84. The van der Waals surface area contributed by atoms with E-state index in [-0.39, 0.29) is 11.7 Å². The SMILES string of the molecule is Cc1oc(-c2ccc(Cl)cc2)nc1CN1CCC(C(=O)CCCCN2CCC3(CC2)OCCO3)CC1. The molecule has 196 valence electrons. The number of likely N-dealkylation sites (tertiary alicyclic amines) is 2. The summed E-state index contributed by atoms with van der Waals surface area (Å²) in [7, 11) is 0. The first-order valence-electron chi connectivity index (χ1n) is 13.5. The van der Waals surface area contributed by atoms with Gasteiger partial charge in [-0.25, -0.2) is 4.98 Å². The van der Waals surface area contributed by atoms with Crippen LogP contribution >= 0.6 is 11.6 Å². The predicted molar refractivity (Wildman–Crippen MR) is 139 cm³/mol. The van der Waals surface area contributed by atoms with Crippen LogP contribution in [0.1, 0.15) is 56.4 Å². The third kappa shape index (κ3) is 6.37. The lowest BCUT2D eigenvalue weighted by Crippen LogP contribution is -2.45. The number of aryl methyl sites for hydroxylation is 1. The van der Waals surface area contributed by atoms with E-state index in [0.717, 1.165) is 108 Å². The Morgan fingerprint density at radius 3 is 2.42 bits per heavy atom. The van der Waals surface area contributed by atoms with Gasteiger partial charge in [0, 0.05) is 55.4 Å². The van der Waals surface area contributed by atoms with Crippen molar-refractivity contribution in [2.45, 2.75) is 64.2 Å². The van der Waals surface area contributed by atoms with E-state index in [4.69, 9.17) is 30.5 Å². The van der Waals surface area contributed by atoms with Gasteiger partial charge >= 0.3 is 0 Å². The van der Waals surface area contributed by atoms with Gasteiger partial charge in [-0.05, 0) is 76.5 Å². The Balaban J connectivity index is 0.993. The van der Waals surface area contributed by atoms with Gasteiger partial charge in [0.2, 0.25) is 5.89 Å². The van der Waals surface area contributed by atoms with Crippen molar-refractivity contribution in [2.75, 3.05) is 45.9 Å². The van der Waals surface area contributed by atoms with Crippen LogP contribution in [0.2, 0.25) is 5.02 Å². The summed E-state index contributed by atoms with van der Waals surface area (Å²) in [5.41, 5.74) is 1.90. The molecule has 4 heterocycles. The summed E-state index contributed by atoms with van der Waals surface area (Å²) in [6.07, 6.45) is 6.57. The van der Waals surface area contributed by atoms with Crippen LogP contribution in [-0.2, 0) is 20.8 Å². The molecule has 0 radical (unpaired) electrons. The Kier molecular flexibility index (Phi) is 8.43. The number of Topliss-reactive ketones (excluding diaryl/α,β-unsaturated/α-hetero) is 1. The van der Waals surface area contributed by atoms with Gasteiger partial charge in [0.1, 0.15) is 11.5 Å². The maximum Gasteiger partial charge on any atom is 0.226 e. The number of rotatable bonds is 9. The van der Waals surface area contributed by atoms with Gasteiger partial charge in [0.05, 0.1) is 18.9 Å². The second-order valence-corrected chi connectivity index (χ2v) is 10.9. The molecule has 3 saturated heterocycles. The number of hydrogen-bond donors (Lipinski definition) is 0. The van der Waals surface area contributed by atoms with Gasteiger partial charge in [-0.3, -0.25) is 9.69 Å². The van der Waals surface area contributed by atoms with E-state index < -0.39 is 0 Å². The molecular formula is C28H38ClN3O4.